The lowest BCUT2D eigenvalue weighted by Crippen LogP contribution is -2.27. The van der Waals surface area contributed by atoms with Crippen molar-refractivity contribution >= 4 is 34.2 Å². The van der Waals surface area contributed by atoms with E-state index in [4.69, 9.17) is 0 Å². The molecule has 0 fully saturated rings. The van der Waals surface area contributed by atoms with Gasteiger partial charge in [-0.3, -0.25) is 4.79 Å². The maximum Gasteiger partial charge on any atom is 0.274 e. The zero-order valence-electron chi connectivity index (χ0n) is 12.8. The van der Waals surface area contributed by atoms with Gasteiger partial charge in [0.15, 0.2) is 11.3 Å². The zero-order chi connectivity index (χ0) is 16.5. The van der Waals surface area contributed by atoms with E-state index in [1.54, 1.807) is 57.6 Å². The van der Waals surface area contributed by atoms with Gasteiger partial charge in [0.2, 0.25) is 0 Å². The Kier molecular flexibility index (Phi) is 3.83. The number of amides is 1. The van der Waals surface area contributed by atoms with E-state index in [0.717, 1.165) is 15.6 Å². The van der Waals surface area contributed by atoms with Crippen molar-refractivity contribution in [2.75, 3.05) is 7.05 Å². The van der Waals surface area contributed by atoms with Crippen LogP contribution in [0.25, 0.3) is 15.5 Å². The highest BCUT2D eigenvalue weighted by molar-refractivity contribution is 7.20. The van der Waals surface area contributed by atoms with Gasteiger partial charge in [0.25, 0.3) is 5.91 Å². The standard InChI is InChI=1S/C16H13N5OS2/c1-20(9-11-10-24-15(19-11)13-4-3-7-23-13)16(22)12-8-17-14-5-2-6-18-21(12)14/h2-8,10H,9H2,1H3. The number of imidazole rings is 1. The number of aromatic nitrogens is 4. The fourth-order valence-electron chi connectivity index (χ4n) is 2.38. The van der Waals surface area contributed by atoms with E-state index in [-0.39, 0.29) is 5.91 Å². The highest BCUT2D eigenvalue weighted by Gasteiger charge is 2.18. The molecule has 4 heterocycles. The topological polar surface area (TPSA) is 63.4 Å². The molecule has 1 amide bonds. The van der Waals surface area contributed by atoms with Crippen molar-refractivity contribution in [1.82, 2.24) is 24.5 Å². The molecule has 4 rings (SSSR count). The van der Waals surface area contributed by atoms with E-state index in [1.165, 1.54) is 0 Å². The number of hydrogen-bond donors (Lipinski definition) is 0. The summed E-state index contributed by atoms with van der Waals surface area (Å²) in [7, 11) is 1.76. The fraction of sp³-hybridized carbons (Fsp3) is 0.125. The van der Waals surface area contributed by atoms with Crippen molar-refractivity contribution in [3.05, 3.63) is 58.8 Å². The molecule has 0 saturated heterocycles. The van der Waals surface area contributed by atoms with E-state index in [0.29, 0.717) is 17.9 Å². The second-order valence-corrected chi connectivity index (χ2v) is 7.03. The van der Waals surface area contributed by atoms with Gasteiger partial charge in [0.1, 0.15) is 5.01 Å². The summed E-state index contributed by atoms with van der Waals surface area (Å²) in [4.78, 5) is 24.3. The fourth-order valence-corrected chi connectivity index (χ4v) is 4.00. The Hall–Kier alpha value is -2.58. The van der Waals surface area contributed by atoms with Crippen LogP contribution in [0.2, 0.25) is 0 Å². The van der Waals surface area contributed by atoms with Crippen molar-refractivity contribution in [2.24, 2.45) is 0 Å². The summed E-state index contributed by atoms with van der Waals surface area (Å²) in [5.74, 6) is -0.133. The first-order valence-electron chi connectivity index (χ1n) is 7.25. The maximum absolute atomic E-state index is 12.7. The lowest BCUT2D eigenvalue weighted by Gasteiger charge is -2.15. The number of carbonyl (C=O) groups is 1. The van der Waals surface area contributed by atoms with Crippen LogP contribution >= 0.6 is 22.7 Å². The minimum atomic E-state index is -0.133. The van der Waals surface area contributed by atoms with Crippen LogP contribution in [-0.2, 0) is 6.54 Å². The third kappa shape index (κ3) is 2.70. The van der Waals surface area contributed by atoms with Crippen LogP contribution in [0.4, 0.5) is 0 Å². The summed E-state index contributed by atoms with van der Waals surface area (Å²) in [6.45, 7) is 0.445. The van der Waals surface area contributed by atoms with Crippen LogP contribution in [0.1, 0.15) is 16.2 Å². The molecule has 0 saturated carbocycles. The average molecular weight is 355 g/mol. The van der Waals surface area contributed by atoms with Gasteiger partial charge in [-0.15, -0.1) is 22.7 Å². The molecule has 4 aromatic rings. The second kappa shape index (κ2) is 6.14. The molecule has 0 radical (unpaired) electrons. The molecule has 0 N–H and O–H groups in total. The van der Waals surface area contributed by atoms with Crippen molar-refractivity contribution < 1.29 is 4.79 Å². The predicted molar refractivity (Wildman–Crippen MR) is 94.2 cm³/mol. The third-order valence-corrected chi connectivity index (χ3v) is 5.46. The molecule has 0 bridgehead atoms. The SMILES string of the molecule is CN(Cc1csc(-c2cccs2)n1)C(=O)c1cnc2cccnn12. The lowest BCUT2D eigenvalue weighted by atomic mass is 10.3. The smallest absolute Gasteiger partial charge is 0.274 e. The summed E-state index contributed by atoms with van der Waals surface area (Å²) >= 11 is 3.25. The van der Waals surface area contributed by atoms with Crippen molar-refractivity contribution in [2.45, 2.75) is 6.54 Å². The van der Waals surface area contributed by atoms with E-state index >= 15 is 0 Å². The molecule has 0 atom stereocenters. The van der Waals surface area contributed by atoms with E-state index < -0.39 is 0 Å². The number of thiazole rings is 1. The van der Waals surface area contributed by atoms with Gasteiger partial charge in [0.05, 0.1) is 23.3 Å². The molecule has 0 aromatic carbocycles. The highest BCUT2D eigenvalue weighted by Crippen LogP contribution is 2.28. The Morgan fingerprint density at radius 1 is 1.29 bits per heavy atom. The lowest BCUT2D eigenvalue weighted by molar-refractivity contribution is 0.0775. The van der Waals surface area contributed by atoms with Crippen molar-refractivity contribution in [1.29, 1.82) is 0 Å². The summed E-state index contributed by atoms with van der Waals surface area (Å²) in [5, 5.41) is 9.19. The van der Waals surface area contributed by atoms with Crippen LogP contribution < -0.4 is 0 Å². The number of nitrogens with zero attached hydrogens (tertiary/aromatic N) is 5. The van der Waals surface area contributed by atoms with Gasteiger partial charge in [-0.1, -0.05) is 6.07 Å². The molecule has 0 aliphatic heterocycles. The highest BCUT2D eigenvalue weighted by atomic mass is 32.1. The summed E-state index contributed by atoms with van der Waals surface area (Å²) in [5.41, 5.74) is 1.98. The first kappa shape index (κ1) is 15.0. The molecule has 0 aliphatic carbocycles. The second-order valence-electron chi connectivity index (χ2n) is 5.22. The third-order valence-electron chi connectivity index (χ3n) is 3.53. The molecule has 8 heteroatoms. The number of thiophene rings is 1. The molecular formula is C16H13N5OS2. The molecule has 0 aliphatic rings. The Morgan fingerprint density at radius 3 is 3.04 bits per heavy atom. The quantitative estimate of drug-likeness (QED) is 0.564. The average Bonchev–Trinajstić information content (AvgIpc) is 3.33. The zero-order valence-corrected chi connectivity index (χ0v) is 14.4. The van der Waals surface area contributed by atoms with Crippen LogP contribution in [0.15, 0.2) is 47.4 Å². The van der Waals surface area contributed by atoms with Gasteiger partial charge >= 0.3 is 0 Å². The predicted octanol–water partition coefficient (Wildman–Crippen LogP) is 3.19. The summed E-state index contributed by atoms with van der Waals surface area (Å²) < 4.78 is 1.55. The molecule has 0 unspecified atom stereocenters. The summed E-state index contributed by atoms with van der Waals surface area (Å²) in [6.07, 6.45) is 3.19. The molecule has 6 nitrogen and oxygen atoms in total. The first-order valence-corrected chi connectivity index (χ1v) is 9.01. The van der Waals surface area contributed by atoms with Crippen LogP contribution in [0.5, 0.6) is 0 Å². The van der Waals surface area contributed by atoms with E-state index in [1.807, 2.05) is 29.0 Å². The Bertz CT molecular complexity index is 989. The monoisotopic (exact) mass is 355 g/mol. The normalized spacial score (nSPS) is 11.0. The molecular weight excluding hydrogens is 342 g/mol. The van der Waals surface area contributed by atoms with Crippen LogP contribution in [-0.4, -0.2) is 37.4 Å². The Morgan fingerprint density at radius 2 is 2.21 bits per heavy atom. The van der Waals surface area contributed by atoms with Crippen molar-refractivity contribution in [3.63, 3.8) is 0 Å². The minimum Gasteiger partial charge on any atom is -0.334 e. The minimum absolute atomic E-state index is 0.133. The number of rotatable bonds is 4. The number of carbonyl (C=O) groups excluding carboxylic acids is 1. The van der Waals surface area contributed by atoms with Gasteiger partial charge in [-0.25, -0.2) is 14.5 Å². The molecule has 24 heavy (non-hydrogen) atoms. The number of fused-ring (bicyclic) bond motifs is 1. The Balaban J connectivity index is 1.54. The first-order chi connectivity index (χ1) is 11.7. The summed E-state index contributed by atoms with van der Waals surface area (Å²) in [6, 6.07) is 7.67. The number of hydrogen-bond acceptors (Lipinski definition) is 6. The van der Waals surface area contributed by atoms with Gasteiger partial charge < -0.3 is 4.90 Å². The van der Waals surface area contributed by atoms with Crippen LogP contribution in [0, 0.1) is 0 Å². The van der Waals surface area contributed by atoms with E-state index in [2.05, 4.69) is 15.1 Å². The Labute approximate surface area is 146 Å². The van der Waals surface area contributed by atoms with E-state index in [9.17, 15) is 4.79 Å². The molecule has 0 spiro atoms. The van der Waals surface area contributed by atoms with Gasteiger partial charge in [0, 0.05) is 18.6 Å². The molecule has 120 valence electrons. The van der Waals surface area contributed by atoms with Gasteiger partial charge in [-0.05, 0) is 23.6 Å². The van der Waals surface area contributed by atoms with Crippen molar-refractivity contribution in [3.8, 4) is 9.88 Å². The largest absolute Gasteiger partial charge is 0.334 e. The van der Waals surface area contributed by atoms with Gasteiger partial charge in [-0.2, -0.15) is 5.10 Å². The van der Waals surface area contributed by atoms with Crippen LogP contribution in [0.3, 0.4) is 0 Å². The maximum atomic E-state index is 12.7. The molecule has 4 aromatic heterocycles.